The molecule has 37 heavy (non-hydrogen) atoms. The molecule has 1 unspecified atom stereocenters. The Morgan fingerprint density at radius 1 is 1.19 bits per heavy atom. The fourth-order valence-electron chi connectivity index (χ4n) is 5.15. The molecule has 0 spiro atoms. The van der Waals surface area contributed by atoms with Crippen LogP contribution in [0.2, 0.25) is 0 Å². The first-order valence-electron chi connectivity index (χ1n) is 12.5. The van der Waals surface area contributed by atoms with Gasteiger partial charge in [0, 0.05) is 47.8 Å². The second-order valence-corrected chi connectivity index (χ2v) is 10.8. The van der Waals surface area contributed by atoms with Crippen molar-refractivity contribution in [3.63, 3.8) is 0 Å². The normalized spacial score (nSPS) is 19.9. The highest BCUT2D eigenvalue weighted by Gasteiger charge is 2.26. The Morgan fingerprint density at radius 3 is 2.81 bits per heavy atom. The van der Waals surface area contributed by atoms with Gasteiger partial charge in [-0.15, -0.1) is 11.3 Å². The van der Waals surface area contributed by atoms with Crippen molar-refractivity contribution in [2.75, 3.05) is 26.3 Å². The van der Waals surface area contributed by atoms with Gasteiger partial charge in [0.25, 0.3) is 5.91 Å². The van der Waals surface area contributed by atoms with Crippen molar-refractivity contribution >= 4 is 28.1 Å². The first-order chi connectivity index (χ1) is 18.0. The quantitative estimate of drug-likeness (QED) is 0.414. The van der Waals surface area contributed by atoms with E-state index in [9.17, 15) is 14.4 Å². The van der Waals surface area contributed by atoms with Gasteiger partial charge in [0.15, 0.2) is 0 Å². The number of likely N-dealkylation sites (tertiary alicyclic amines) is 1. The Labute approximate surface area is 217 Å². The van der Waals surface area contributed by atoms with E-state index in [-0.39, 0.29) is 23.6 Å². The summed E-state index contributed by atoms with van der Waals surface area (Å²) in [5, 5.41) is 14.9. The van der Waals surface area contributed by atoms with Crippen LogP contribution in [0.25, 0.3) is 32.5 Å². The summed E-state index contributed by atoms with van der Waals surface area (Å²) >= 11 is 1.40. The van der Waals surface area contributed by atoms with Crippen LogP contribution in [0, 0.1) is 17.1 Å². The highest BCUT2D eigenvalue weighted by Crippen LogP contribution is 2.41. The molecule has 0 radical (unpaired) electrons. The number of carbonyl (C=O) groups excluding carboxylic acids is 1. The average Bonchev–Trinajstić information content (AvgIpc) is 3.67. The van der Waals surface area contributed by atoms with Crippen LogP contribution in [0.5, 0.6) is 0 Å². The molecule has 0 saturated carbocycles. The van der Waals surface area contributed by atoms with E-state index in [1.54, 1.807) is 6.07 Å². The van der Waals surface area contributed by atoms with E-state index < -0.39 is 5.82 Å². The molecule has 4 aromatic rings. The summed E-state index contributed by atoms with van der Waals surface area (Å²) in [5.74, 6) is -0.639. The van der Waals surface area contributed by atoms with Crippen molar-refractivity contribution in [2.24, 2.45) is 5.73 Å². The van der Waals surface area contributed by atoms with Crippen molar-refractivity contribution in [1.82, 2.24) is 14.7 Å². The number of thiophene rings is 1. The van der Waals surface area contributed by atoms with E-state index >= 15 is 0 Å². The molecular weight excluding hydrogens is 489 g/mol. The number of hydrogen-bond donors (Lipinski definition) is 1. The second kappa shape index (κ2) is 9.71. The Balaban J connectivity index is 1.43. The average molecular weight is 516 g/mol. The molecule has 188 valence electrons. The SMILES string of the molecule is N#Cc1ccc(-c2cc(C(=O)N3CCC[C@@H](N)C3)sc2-c2ccc3nn(C4CCOC4)cc3c2)cc1F. The first kappa shape index (κ1) is 23.8. The van der Waals surface area contributed by atoms with Crippen LogP contribution >= 0.6 is 11.3 Å². The molecule has 0 aliphatic carbocycles. The van der Waals surface area contributed by atoms with Crippen LogP contribution in [0.15, 0.2) is 48.7 Å². The molecular formula is C28H26FN5O2S. The second-order valence-electron chi connectivity index (χ2n) is 9.71. The van der Waals surface area contributed by atoms with Gasteiger partial charge in [-0.2, -0.15) is 10.4 Å². The third-order valence-electron chi connectivity index (χ3n) is 7.15. The maximum absolute atomic E-state index is 14.6. The Bertz CT molecular complexity index is 1530. The van der Waals surface area contributed by atoms with Crippen molar-refractivity contribution in [3.8, 4) is 27.6 Å². The number of benzene rings is 2. The summed E-state index contributed by atoms with van der Waals surface area (Å²) in [6.45, 7) is 2.61. The number of rotatable bonds is 4. The number of aromatic nitrogens is 2. The van der Waals surface area contributed by atoms with Crippen LogP contribution in [-0.4, -0.2) is 52.9 Å². The van der Waals surface area contributed by atoms with E-state index in [0.717, 1.165) is 52.8 Å². The van der Waals surface area contributed by atoms with E-state index in [1.165, 1.54) is 23.5 Å². The summed E-state index contributed by atoms with van der Waals surface area (Å²) in [6.07, 6.45) is 4.77. The van der Waals surface area contributed by atoms with Crippen LogP contribution in [0.4, 0.5) is 4.39 Å². The zero-order chi connectivity index (χ0) is 25.5. The zero-order valence-corrected chi connectivity index (χ0v) is 21.0. The summed E-state index contributed by atoms with van der Waals surface area (Å²) in [4.78, 5) is 16.7. The van der Waals surface area contributed by atoms with Gasteiger partial charge in [0.05, 0.1) is 28.6 Å². The van der Waals surface area contributed by atoms with Gasteiger partial charge in [-0.05, 0) is 60.7 Å². The molecule has 6 rings (SSSR count). The van der Waals surface area contributed by atoms with Gasteiger partial charge >= 0.3 is 0 Å². The molecule has 9 heteroatoms. The zero-order valence-electron chi connectivity index (χ0n) is 20.2. The smallest absolute Gasteiger partial charge is 0.264 e. The number of ether oxygens (including phenoxy) is 1. The summed E-state index contributed by atoms with van der Waals surface area (Å²) in [7, 11) is 0. The van der Waals surface area contributed by atoms with Gasteiger partial charge < -0.3 is 15.4 Å². The lowest BCUT2D eigenvalue weighted by Gasteiger charge is -2.30. The van der Waals surface area contributed by atoms with E-state index in [0.29, 0.717) is 30.1 Å². The number of halogens is 1. The minimum atomic E-state index is -0.581. The van der Waals surface area contributed by atoms with Crippen LogP contribution in [0.1, 0.15) is 40.5 Å². The number of amides is 1. The van der Waals surface area contributed by atoms with E-state index in [4.69, 9.17) is 15.6 Å². The number of piperidine rings is 1. The predicted molar refractivity (Wildman–Crippen MR) is 141 cm³/mol. The predicted octanol–water partition coefficient (Wildman–Crippen LogP) is 4.97. The highest BCUT2D eigenvalue weighted by atomic mass is 32.1. The van der Waals surface area contributed by atoms with E-state index in [2.05, 4.69) is 6.07 Å². The van der Waals surface area contributed by atoms with Crippen LogP contribution in [0.3, 0.4) is 0 Å². The molecule has 2 saturated heterocycles. The molecule has 2 fully saturated rings. The molecule has 4 heterocycles. The minimum Gasteiger partial charge on any atom is -0.379 e. The molecule has 2 aromatic heterocycles. The summed E-state index contributed by atoms with van der Waals surface area (Å²) < 4.78 is 22.1. The monoisotopic (exact) mass is 515 g/mol. The number of nitrogens with zero attached hydrogens (tertiary/aromatic N) is 4. The highest BCUT2D eigenvalue weighted by molar-refractivity contribution is 7.18. The third-order valence-corrected chi connectivity index (χ3v) is 8.32. The largest absolute Gasteiger partial charge is 0.379 e. The van der Waals surface area contributed by atoms with Gasteiger partial charge in [-0.3, -0.25) is 9.48 Å². The molecule has 1 amide bonds. The van der Waals surface area contributed by atoms with Crippen LogP contribution in [-0.2, 0) is 4.74 Å². The lowest BCUT2D eigenvalue weighted by molar-refractivity contribution is 0.0714. The van der Waals surface area contributed by atoms with E-state index in [1.807, 2.05) is 40.0 Å². The van der Waals surface area contributed by atoms with Gasteiger partial charge in [0.2, 0.25) is 0 Å². The molecule has 2 atom stereocenters. The topological polar surface area (TPSA) is 97.2 Å². The number of fused-ring (bicyclic) bond motifs is 1. The van der Waals surface area contributed by atoms with Crippen LogP contribution < -0.4 is 5.73 Å². The van der Waals surface area contributed by atoms with Crippen molar-refractivity contribution < 1.29 is 13.9 Å². The summed E-state index contributed by atoms with van der Waals surface area (Å²) in [5.41, 5.74) is 9.31. The number of nitriles is 1. The molecule has 7 nitrogen and oxygen atoms in total. The minimum absolute atomic E-state index is 0.0103. The van der Waals surface area contributed by atoms with Crippen molar-refractivity contribution in [2.45, 2.75) is 31.3 Å². The maximum Gasteiger partial charge on any atom is 0.264 e. The lowest BCUT2D eigenvalue weighted by atomic mass is 10.00. The fraction of sp³-hybridized carbons (Fsp3) is 0.321. The molecule has 2 aromatic carbocycles. The van der Waals surface area contributed by atoms with Gasteiger partial charge in [-0.1, -0.05) is 12.1 Å². The number of hydrogen-bond acceptors (Lipinski definition) is 6. The standard InChI is InChI=1S/C28H26FN5O2S/c29-24-11-17(3-4-19(24)13-30)23-12-26(28(35)33-8-1-2-21(31)15-33)37-27(23)18-5-6-25-20(10-18)14-34(32-25)22-7-9-36-16-22/h3-6,10-12,14,21-22H,1-2,7-9,15-16,31H2/t21-,22?/m1/s1. The molecule has 2 N–H and O–H groups in total. The Morgan fingerprint density at radius 2 is 2.05 bits per heavy atom. The number of carbonyl (C=O) groups is 1. The summed E-state index contributed by atoms with van der Waals surface area (Å²) in [6, 6.07) is 14.5. The van der Waals surface area contributed by atoms with Gasteiger partial charge in [-0.25, -0.2) is 4.39 Å². The fourth-order valence-corrected chi connectivity index (χ4v) is 6.30. The van der Waals surface area contributed by atoms with Gasteiger partial charge in [0.1, 0.15) is 11.9 Å². The Kier molecular flexibility index (Phi) is 6.24. The van der Waals surface area contributed by atoms with Crippen molar-refractivity contribution in [3.05, 3.63) is 64.9 Å². The molecule has 2 aliphatic rings. The number of nitrogens with two attached hydrogens (primary N) is 1. The molecule has 2 aliphatic heterocycles. The molecule has 0 bridgehead atoms. The lowest BCUT2D eigenvalue weighted by Crippen LogP contribution is -2.45. The first-order valence-corrected chi connectivity index (χ1v) is 13.3. The van der Waals surface area contributed by atoms with Crippen molar-refractivity contribution in [1.29, 1.82) is 5.26 Å². The maximum atomic E-state index is 14.6. The Hall–Kier alpha value is -3.58. The third kappa shape index (κ3) is 4.53.